The summed E-state index contributed by atoms with van der Waals surface area (Å²) in [6.45, 7) is 2.15. The molecule has 2 aromatic rings. The first-order chi connectivity index (χ1) is 12.2. The maximum Gasteiger partial charge on any atom is 0.163 e. The van der Waals surface area contributed by atoms with E-state index in [-0.39, 0.29) is 24.6 Å². The van der Waals surface area contributed by atoms with Gasteiger partial charge < -0.3 is 14.4 Å². The summed E-state index contributed by atoms with van der Waals surface area (Å²) in [5.41, 5.74) is 3.29. The Morgan fingerprint density at radius 1 is 1.15 bits per heavy atom. The third-order valence-electron chi connectivity index (χ3n) is 5.16. The smallest absolute Gasteiger partial charge is 0.163 e. The number of halogens is 1. The molecule has 26 heavy (non-hydrogen) atoms. The van der Waals surface area contributed by atoms with Gasteiger partial charge in [0.2, 0.25) is 0 Å². The minimum atomic E-state index is 0. The van der Waals surface area contributed by atoms with Crippen LogP contribution in [0, 0.1) is 0 Å². The molecule has 1 aromatic heterocycles. The van der Waals surface area contributed by atoms with Gasteiger partial charge in [0, 0.05) is 35.3 Å². The molecule has 1 aliphatic heterocycles. The van der Waals surface area contributed by atoms with Crippen LogP contribution >= 0.6 is 24.6 Å². The minimum Gasteiger partial charge on any atom is -0.493 e. The van der Waals surface area contributed by atoms with Crippen LogP contribution in [0.4, 0.5) is 5.69 Å². The van der Waals surface area contributed by atoms with Gasteiger partial charge in [-0.25, -0.2) is 0 Å². The number of anilines is 1. The summed E-state index contributed by atoms with van der Waals surface area (Å²) in [5.74, 6) is 1.57. The number of hydrogen-bond donors (Lipinski definition) is 0. The molecule has 1 unspecified atom stereocenters. The zero-order chi connectivity index (χ0) is 17.4. The van der Waals surface area contributed by atoms with Crippen molar-refractivity contribution in [3.05, 3.63) is 47.8 Å². The van der Waals surface area contributed by atoms with Crippen molar-refractivity contribution in [3.8, 4) is 11.5 Å². The Morgan fingerprint density at radius 2 is 1.92 bits per heavy atom. The second kappa shape index (κ2) is 7.80. The summed E-state index contributed by atoms with van der Waals surface area (Å²) in [4.78, 5) is 7.26. The van der Waals surface area contributed by atoms with Crippen LogP contribution in [0.15, 0.2) is 36.7 Å². The van der Waals surface area contributed by atoms with Gasteiger partial charge in [-0.2, -0.15) is 0 Å². The fourth-order valence-corrected chi connectivity index (χ4v) is 4.26. The molecule has 1 saturated carbocycles. The van der Waals surface area contributed by atoms with Gasteiger partial charge in [0.1, 0.15) is 4.99 Å². The second-order valence-corrected chi connectivity index (χ2v) is 7.06. The number of hydrogen-bond acceptors (Lipinski definition) is 4. The van der Waals surface area contributed by atoms with Crippen molar-refractivity contribution in [2.75, 3.05) is 12.0 Å². The third-order valence-corrected chi connectivity index (χ3v) is 5.58. The third kappa shape index (κ3) is 3.26. The molecule has 1 aromatic carbocycles. The van der Waals surface area contributed by atoms with Crippen LogP contribution in [0.3, 0.4) is 0 Å². The molecule has 0 radical (unpaired) electrons. The summed E-state index contributed by atoms with van der Waals surface area (Å²) in [7, 11) is 1.68. The van der Waals surface area contributed by atoms with E-state index < -0.39 is 0 Å². The molecule has 0 N–H and O–H groups in total. The van der Waals surface area contributed by atoms with E-state index in [4.69, 9.17) is 21.7 Å². The Balaban J connectivity index is 0.00000196. The SMILES string of the molecule is COc1ccc(N2C(=S)c3ccncc3C2C)cc1OC1CCCC1.Cl. The van der Waals surface area contributed by atoms with Crippen LogP contribution in [0.2, 0.25) is 0 Å². The zero-order valence-electron chi connectivity index (χ0n) is 15.0. The Morgan fingerprint density at radius 3 is 2.62 bits per heavy atom. The summed E-state index contributed by atoms with van der Waals surface area (Å²) >= 11 is 5.73. The first-order valence-electron chi connectivity index (χ1n) is 8.81. The van der Waals surface area contributed by atoms with Gasteiger partial charge >= 0.3 is 0 Å². The van der Waals surface area contributed by atoms with Gasteiger partial charge in [0.05, 0.1) is 19.3 Å². The highest BCUT2D eigenvalue weighted by Gasteiger charge is 2.32. The molecular formula is C20H23ClN2O2S. The van der Waals surface area contributed by atoms with E-state index in [0.29, 0.717) is 0 Å². The molecule has 6 heteroatoms. The number of nitrogens with zero attached hydrogens (tertiary/aromatic N) is 2. The van der Waals surface area contributed by atoms with E-state index in [1.54, 1.807) is 13.3 Å². The van der Waals surface area contributed by atoms with Gasteiger partial charge in [-0.15, -0.1) is 12.4 Å². The molecule has 0 spiro atoms. The number of pyridine rings is 1. The average Bonchev–Trinajstić information content (AvgIpc) is 3.23. The summed E-state index contributed by atoms with van der Waals surface area (Å²) in [5, 5.41) is 0. The van der Waals surface area contributed by atoms with Crippen molar-refractivity contribution in [2.45, 2.75) is 44.8 Å². The lowest BCUT2D eigenvalue weighted by atomic mass is 10.1. The minimum absolute atomic E-state index is 0. The standard InChI is InChI=1S/C20H22N2O2S.ClH/c1-13-17-12-21-10-9-16(17)20(25)22(13)14-7-8-18(23-2)19(11-14)24-15-5-3-4-6-15;/h7-13,15H,3-6H2,1-2H3;1H. The molecule has 4 rings (SSSR count). The van der Waals surface area contributed by atoms with Crippen LogP contribution in [-0.2, 0) is 0 Å². The topological polar surface area (TPSA) is 34.6 Å². The fraction of sp³-hybridized carbons (Fsp3) is 0.400. The molecule has 4 nitrogen and oxygen atoms in total. The van der Waals surface area contributed by atoms with E-state index in [0.717, 1.165) is 40.6 Å². The molecule has 2 heterocycles. The Kier molecular flexibility index (Phi) is 5.68. The first kappa shape index (κ1) is 18.9. The van der Waals surface area contributed by atoms with Crippen molar-refractivity contribution in [1.82, 2.24) is 4.98 Å². The molecule has 0 saturated heterocycles. The van der Waals surface area contributed by atoms with Crippen molar-refractivity contribution >= 4 is 35.3 Å². The van der Waals surface area contributed by atoms with Crippen molar-refractivity contribution < 1.29 is 9.47 Å². The van der Waals surface area contributed by atoms with Crippen molar-refractivity contribution in [3.63, 3.8) is 0 Å². The number of thiocarbonyl (C=S) groups is 1. The van der Waals surface area contributed by atoms with E-state index in [2.05, 4.69) is 22.9 Å². The number of fused-ring (bicyclic) bond motifs is 1. The van der Waals surface area contributed by atoms with Crippen molar-refractivity contribution in [2.24, 2.45) is 0 Å². The summed E-state index contributed by atoms with van der Waals surface area (Å²) in [6.07, 6.45) is 8.69. The van der Waals surface area contributed by atoms with Crippen LogP contribution < -0.4 is 14.4 Å². The van der Waals surface area contributed by atoms with E-state index in [1.807, 2.05) is 24.4 Å². The van der Waals surface area contributed by atoms with Gasteiger partial charge in [0.15, 0.2) is 11.5 Å². The van der Waals surface area contributed by atoms with Crippen LogP contribution in [-0.4, -0.2) is 23.2 Å². The molecule has 1 fully saturated rings. The lowest BCUT2D eigenvalue weighted by molar-refractivity contribution is 0.201. The first-order valence-corrected chi connectivity index (χ1v) is 9.22. The Bertz CT molecular complexity index is 808. The van der Waals surface area contributed by atoms with E-state index in [1.165, 1.54) is 18.4 Å². The normalized spacial score (nSPS) is 19.2. The van der Waals surface area contributed by atoms with Crippen LogP contribution in [0.1, 0.15) is 49.8 Å². The largest absolute Gasteiger partial charge is 0.493 e. The number of rotatable bonds is 4. The van der Waals surface area contributed by atoms with Crippen molar-refractivity contribution in [1.29, 1.82) is 0 Å². The maximum absolute atomic E-state index is 6.24. The number of methoxy groups -OCH3 is 1. The van der Waals surface area contributed by atoms with Crippen LogP contribution in [0.5, 0.6) is 11.5 Å². The van der Waals surface area contributed by atoms with Crippen LogP contribution in [0.25, 0.3) is 0 Å². The molecular weight excluding hydrogens is 368 g/mol. The molecule has 138 valence electrons. The summed E-state index contributed by atoms with van der Waals surface area (Å²) in [6, 6.07) is 8.22. The fourth-order valence-electron chi connectivity index (χ4n) is 3.81. The van der Waals surface area contributed by atoms with Gasteiger partial charge in [-0.3, -0.25) is 4.98 Å². The van der Waals surface area contributed by atoms with Gasteiger partial charge in [-0.05, 0) is 50.8 Å². The monoisotopic (exact) mass is 390 g/mol. The highest BCUT2D eigenvalue weighted by Crippen LogP contribution is 2.41. The highest BCUT2D eigenvalue weighted by atomic mass is 35.5. The second-order valence-electron chi connectivity index (χ2n) is 6.67. The maximum atomic E-state index is 6.24. The molecule has 0 bridgehead atoms. The predicted molar refractivity (Wildman–Crippen MR) is 110 cm³/mol. The quantitative estimate of drug-likeness (QED) is 0.679. The average molecular weight is 391 g/mol. The molecule has 2 aliphatic rings. The highest BCUT2D eigenvalue weighted by molar-refractivity contribution is 7.81. The Hall–Kier alpha value is -1.85. The summed E-state index contributed by atoms with van der Waals surface area (Å²) < 4.78 is 11.7. The van der Waals surface area contributed by atoms with Gasteiger partial charge in [0.25, 0.3) is 0 Å². The number of aromatic nitrogens is 1. The number of benzene rings is 1. The lowest BCUT2D eigenvalue weighted by Crippen LogP contribution is -2.25. The number of ether oxygens (including phenoxy) is 2. The van der Waals surface area contributed by atoms with E-state index >= 15 is 0 Å². The Labute approximate surface area is 165 Å². The lowest BCUT2D eigenvalue weighted by Gasteiger charge is -2.26. The molecule has 1 atom stereocenters. The molecule has 0 amide bonds. The zero-order valence-corrected chi connectivity index (χ0v) is 16.6. The van der Waals surface area contributed by atoms with E-state index in [9.17, 15) is 0 Å². The van der Waals surface area contributed by atoms with Gasteiger partial charge in [-0.1, -0.05) is 12.2 Å². The molecule has 1 aliphatic carbocycles. The predicted octanol–water partition coefficient (Wildman–Crippen LogP) is 5.09.